The van der Waals surface area contributed by atoms with Crippen molar-refractivity contribution in [2.45, 2.75) is 38.5 Å². The molecular weight excluding hydrogens is 437 g/mol. The largest absolute Gasteiger partial charge is 0.416 e. The van der Waals surface area contributed by atoms with Crippen molar-refractivity contribution in [3.63, 3.8) is 0 Å². The number of hydrogen-bond donors (Lipinski definition) is 1. The number of rotatable bonds is 4. The van der Waals surface area contributed by atoms with Gasteiger partial charge in [-0.2, -0.15) is 13.2 Å². The number of nitrogens with one attached hydrogen (secondary N) is 1. The summed E-state index contributed by atoms with van der Waals surface area (Å²) in [6, 6.07) is 3.53. The Labute approximate surface area is 191 Å². The molecule has 1 aromatic carbocycles. The second-order valence-electron chi connectivity index (χ2n) is 9.30. The fourth-order valence-electron chi connectivity index (χ4n) is 5.00. The lowest BCUT2D eigenvalue weighted by atomic mass is 9.82. The Balaban J connectivity index is 1.56. The van der Waals surface area contributed by atoms with E-state index >= 15 is 0 Å². The van der Waals surface area contributed by atoms with Crippen molar-refractivity contribution < 1.29 is 27.5 Å². The van der Waals surface area contributed by atoms with E-state index in [4.69, 9.17) is 4.74 Å². The van der Waals surface area contributed by atoms with Crippen LogP contribution in [0.1, 0.15) is 25.0 Å². The molecule has 1 aromatic rings. The number of anilines is 1. The van der Waals surface area contributed by atoms with Crippen LogP contribution < -0.4 is 10.2 Å². The highest BCUT2D eigenvalue weighted by Gasteiger charge is 2.43. The molecule has 2 amide bonds. The molecular formula is C23H31F3N4O3. The minimum absolute atomic E-state index is 0.0426. The highest BCUT2D eigenvalue weighted by atomic mass is 19.4. The monoisotopic (exact) mass is 468 g/mol. The number of morpholine rings is 1. The maximum Gasteiger partial charge on any atom is 0.416 e. The maximum atomic E-state index is 13.3. The van der Waals surface area contributed by atoms with E-state index < -0.39 is 17.7 Å². The van der Waals surface area contributed by atoms with E-state index in [-0.39, 0.29) is 36.9 Å². The fourth-order valence-corrected chi connectivity index (χ4v) is 5.00. The van der Waals surface area contributed by atoms with Crippen molar-refractivity contribution in [3.8, 4) is 0 Å². The van der Waals surface area contributed by atoms with Crippen molar-refractivity contribution >= 4 is 17.5 Å². The number of hydrogen-bond acceptors (Lipinski definition) is 5. The number of ether oxygens (including phenoxy) is 1. The first kappa shape index (κ1) is 23.8. The minimum Gasteiger partial charge on any atom is -0.378 e. The lowest BCUT2D eigenvalue weighted by molar-refractivity contribution is -0.138. The molecule has 3 heterocycles. The van der Waals surface area contributed by atoms with E-state index in [0.29, 0.717) is 51.5 Å². The van der Waals surface area contributed by atoms with Gasteiger partial charge in [0.1, 0.15) is 0 Å². The topological polar surface area (TPSA) is 65.1 Å². The molecule has 0 saturated carbocycles. The van der Waals surface area contributed by atoms with Gasteiger partial charge in [0.05, 0.1) is 37.3 Å². The Bertz CT molecular complexity index is 886. The van der Waals surface area contributed by atoms with E-state index in [1.165, 1.54) is 12.1 Å². The van der Waals surface area contributed by atoms with Crippen LogP contribution in [0.15, 0.2) is 18.2 Å². The van der Waals surface area contributed by atoms with Crippen LogP contribution in [-0.4, -0.2) is 86.2 Å². The van der Waals surface area contributed by atoms with Gasteiger partial charge in [-0.15, -0.1) is 0 Å². The van der Waals surface area contributed by atoms with E-state index in [1.807, 2.05) is 13.8 Å². The Hall–Kier alpha value is -2.33. The normalized spacial score (nSPS) is 23.8. The number of carbonyl (C=O) groups is 2. The summed E-state index contributed by atoms with van der Waals surface area (Å²) in [5, 5.41) is 2.93. The maximum absolute atomic E-state index is 13.3. The molecule has 2 unspecified atom stereocenters. The van der Waals surface area contributed by atoms with Crippen LogP contribution in [0.4, 0.5) is 18.9 Å². The van der Waals surface area contributed by atoms with Gasteiger partial charge in [0.25, 0.3) is 0 Å². The third-order valence-electron chi connectivity index (χ3n) is 6.61. The second kappa shape index (κ2) is 9.50. The molecule has 2 atom stereocenters. The molecule has 10 heteroatoms. The fraction of sp³-hybridized carbons (Fsp3) is 0.652. The van der Waals surface area contributed by atoms with Crippen molar-refractivity contribution in [3.05, 3.63) is 29.3 Å². The smallest absolute Gasteiger partial charge is 0.378 e. The number of amides is 2. The van der Waals surface area contributed by atoms with E-state index in [9.17, 15) is 22.8 Å². The molecule has 0 bridgehead atoms. The van der Waals surface area contributed by atoms with Gasteiger partial charge in [-0.05, 0) is 44.0 Å². The number of alkyl halides is 3. The molecule has 0 aliphatic carbocycles. The average Bonchev–Trinajstić information content (AvgIpc) is 2.77. The zero-order valence-corrected chi connectivity index (χ0v) is 19.0. The van der Waals surface area contributed by atoms with Gasteiger partial charge in [-0.1, -0.05) is 0 Å². The summed E-state index contributed by atoms with van der Waals surface area (Å²) in [5.74, 6) is -0.616. The van der Waals surface area contributed by atoms with Crippen LogP contribution in [0.5, 0.6) is 0 Å². The Kier molecular flexibility index (Phi) is 6.86. The number of carbonyl (C=O) groups excluding carboxylic acids is 2. The standard InChI is InChI=1S/C23H31F3N4O3/c1-15(2)27-22(32)18-12-16-11-17(23(24,25)26)3-4-19(16)30-6-5-28(13-20(18)30)14-21(31)29-7-9-33-10-8-29/h3-4,11,15,18,20H,5-10,12-14H2,1-2H3,(H,27,32). The molecule has 0 aromatic heterocycles. The molecule has 33 heavy (non-hydrogen) atoms. The number of benzene rings is 1. The Morgan fingerprint density at radius 1 is 1.15 bits per heavy atom. The van der Waals surface area contributed by atoms with Gasteiger partial charge in [0, 0.05) is 44.5 Å². The highest BCUT2D eigenvalue weighted by molar-refractivity contribution is 5.82. The lowest BCUT2D eigenvalue weighted by Crippen LogP contribution is -2.62. The van der Waals surface area contributed by atoms with Crippen molar-refractivity contribution in [1.29, 1.82) is 0 Å². The minimum atomic E-state index is -4.43. The molecule has 182 valence electrons. The molecule has 3 aliphatic heterocycles. The van der Waals surface area contributed by atoms with E-state index in [0.717, 1.165) is 11.8 Å². The third-order valence-corrected chi connectivity index (χ3v) is 6.61. The SMILES string of the molecule is CC(C)NC(=O)C1Cc2cc(C(F)(F)F)ccc2N2CCN(CC(=O)N3CCOCC3)CC12. The average molecular weight is 469 g/mol. The summed E-state index contributed by atoms with van der Waals surface area (Å²) < 4.78 is 45.2. The molecule has 4 rings (SSSR count). The van der Waals surface area contributed by atoms with Crippen LogP contribution in [0, 0.1) is 5.92 Å². The summed E-state index contributed by atoms with van der Waals surface area (Å²) in [6.07, 6.45) is -4.19. The molecule has 7 nitrogen and oxygen atoms in total. The van der Waals surface area contributed by atoms with Crippen molar-refractivity contribution in [1.82, 2.24) is 15.1 Å². The summed E-state index contributed by atoms with van der Waals surface area (Å²) in [6.45, 7) is 7.89. The zero-order valence-electron chi connectivity index (χ0n) is 19.0. The van der Waals surface area contributed by atoms with Crippen LogP contribution in [0.3, 0.4) is 0 Å². The van der Waals surface area contributed by atoms with Crippen LogP contribution in [0.25, 0.3) is 0 Å². The van der Waals surface area contributed by atoms with Gasteiger partial charge in [0.2, 0.25) is 11.8 Å². The summed E-state index contributed by atoms with van der Waals surface area (Å²) in [5.41, 5.74) is 0.598. The molecule has 2 saturated heterocycles. The lowest BCUT2D eigenvalue weighted by Gasteiger charge is -2.49. The summed E-state index contributed by atoms with van der Waals surface area (Å²) in [4.78, 5) is 31.7. The second-order valence-corrected chi connectivity index (χ2v) is 9.30. The first-order valence-electron chi connectivity index (χ1n) is 11.5. The molecule has 3 aliphatic rings. The highest BCUT2D eigenvalue weighted by Crippen LogP contribution is 2.39. The predicted octanol–water partition coefficient (Wildman–Crippen LogP) is 1.75. The van der Waals surface area contributed by atoms with Crippen molar-refractivity contribution in [2.24, 2.45) is 5.92 Å². The van der Waals surface area contributed by atoms with Gasteiger partial charge in [-0.3, -0.25) is 14.5 Å². The summed E-state index contributed by atoms with van der Waals surface area (Å²) in [7, 11) is 0. The van der Waals surface area contributed by atoms with Gasteiger partial charge in [0.15, 0.2) is 0 Å². The number of piperazine rings is 1. The first-order chi connectivity index (χ1) is 15.6. The number of fused-ring (bicyclic) bond motifs is 3. The Morgan fingerprint density at radius 2 is 1.88 bits per heavy atom. The number of nitrogens with zero attached hydrogens (tertiary/aromatic N) is 3. The Morgan fingerprint density at radius 3 is 2.55 bits per heavy atom. The van der Waals surface area contributed by atoms with Crippen LogP contribution in [-0.2, 0) is 26.9 Å². The van der Waals surface area contributed by atoms with Gasteiger partial charge in [-0.25, -0.2) is 0 Å². The summed E-state index contributed by atoms with van der Waals surface area (Å²) >= 11 is 0. The zero-order chi connectivity index (χ0) is 23.8. The van der Waals surface area contributed by atoms with E-state index in [1.54, 1.807) is 4.90 Å². The third kappa shape index (κ3) is 5.27. The first-order valence-corrected chi connectivity index (χ1v) is 11.5. The van der Waals surface area contributed by atoms with E-state index in [2.05, 4.69) is 15.1 Å². The molecule has 2 fully saturated rings. The molecule has 0 spiro atoms. The van der Waals surface area contributed by atoms with Crippen molar-refractivity contribution in [2.75, 3.05) is 57.4 Å². The quantitative estimate of drug-likeness (QED) is 0.730. The molecule has 0 radical (unpaired) electrons. The predicted molar refractivity (Wildman–Crippen MR) is 117 cm³/mol. The number of halogens is 3. The molecule has 1 N–H and O–H groups in total. The van der Waals surface area contributed by atoms with Crippen LogP contribution in [0.2, 0.25) is 0 Å². The van der Waals surface area contributed by atoms with Gasteiger partial charge >= 0.3 is 6.18 Å². The van der Waals surface area contributed by atoms with Crippen LogP contribution >= 0.6 is 0 Å². The van der Waals surface area contributed by atoms with Gasteiger partial charge < -0.3 is 19.9 Å².